The van der Waals surface area contributed by atoms with Crippen LogP contribution in [0.3, 0.4) is 0 Å². The summed E-state index contributed by atoms with van der Waals surface area (Å²) in [7, 11) is 0. The van der Waals surface area contributed by atoms with Crippen LogP contribution in [0.4, 0.5) is 11.5 Å². The van der Waals surface area contributed by atoms with Gasteiger partial charge in [0.2, 0.25) is 5.91 Å². The Morgan fingerprint density at radius 2 is 2.08 bits per heavy atom. The number of nitrogens with zero attached hydrogens (tertiary/aromatic N) is 3. The number of carbonyl (C=O) groups is 1. The zero-order valence-electron chi connectivity index (χ0n) is 14.2. The van der Waals surface area contributed by atoms with E-state index < -0.39 is 0 Å². The second-order valence-electron chi connectivity index (χ2n) is 6.25. The molecule has 4 rings (SSSR count). The third-order valence-electron chi connectivity index (χ3n) is 4.49. The molecule has 0 radical (unpaired) electrons. The molecule has 1 amide bonds. The fraction of sp³-hybridized carbons (Fsp3) is 0.316. The molecule has 1 saturated heterocycles. The van der Waals surface area contributed by atoms with Gasteiger partial charge >= 0.3 is 0 Å². The lowest BCUT2D eigenvalue weighted by Gasteiger charge is -2.15. The molecular formula is C19H20N4OS. The summed E-state index contributed by atoms with van der Waals surface area (Å²) in [5.41, 5.74) is 2.14. The Balaban J connectivity index is 1.51. The summed E-state index contributed by atoms with van der Waals surface area (Å²) in [6.07, 6.45) is 4.27. The topological polar surface area (TPSA) is 58.1 Å². The summed E-state index contributed by atoms with van der Waals surface area (Å²) in [6.45, 7) is 3.71. The lowest BCUT2D eigenvalue weighted by molar-refractivity contribution is -0.128. The molecule has 1 fully saturated rings. The molecule has 1 N–H and O–H groups in total. The summed E-state index contributed by atoms with van der Waals surface area (Å²) >= 11 is 1.71. The number of fused-ring (bicyclic) bond motifs is 1. The van der Waals surface area contributed by atoms with Gasteiger partial charge in [-0.2, -0.15) is 0 Å². The molecule has 6 heteroatoms. The van der Waals surface area contributed by atoms with E-state index in [1.165, 1.54) is 4.88 Å². The minimum absolute atomic E-state index is 0.259. The van der Waals surface area contributed by atoms with Crippen LogP contribution in [0.5, 0.6) is 0 Å². The predicted molar refractivity (Wildman–Crippen MR) is 101 cm³/mol. The number of benzene rings is 1. The van der Waals surface area contributed by atoms with Crippen molar-refractivity contribution < 1.29 is 4.79 Å². The highest BCUT2D eigenvalue weighted by Gasteiger charge is 2.19. The first-order valence-corrected chi connectivity index (χ1v) is 9.42. The van der Waals surface area contributed by atoms with Gasteiger partial charge in [0, 0.05) is 30.1 Å². The number of aromatic nitrogens is 2. The second kappa shape index (κ2) is 6.80. The Morgan fingerprint density at radius 1 is 1.24 bits per heavy atom. The van der Waals surface area contributed by atoms with Crippen LogP contribution >= 0.6 is 11.3 Å². The largest absolute Gasteiger partial charge is 0.340 e. The Labute approximate surface area is 150 Å². The lowest BCUT2D eigenvalue weighted by atomic mass is 10.2. The number of nitrogens with one attached hydrogen (secondary N) is 1. The van der Waals surface area contributed by atoms with E-state index >= 15 is 0 Å². The number of thiophene rings is 1. The highest BCUT2D eigenvalue weighted by atomic mass is 32.1. The van der Waals surface area contributed by atoms with Crippen LogP contribution in [0.1, 0.15) is 30.2 Å². The number of rotatable bonds is 5. The summed E-state index contributed by atoms with van der Waals surface area (Å²) in [5, 5.41) is 4.45. The maximum absolute atomic E-state index is 11.7. The van der Waals surface area contributed by atoms with E-state index in [0.717, 1.165) is 46.7 Å². The minimum atomic E-state index is 0.259. The van der Waals surface area contributed by atoms with Gasteiger partial charge in [0.1, 0.15) is 17.0 Å². The first-order valence-electron chi connectivity index (χ1n) is 8.60. The maximum Gasteiger partial charge on any atom is 0.222 e. The second-order valence-corrected chi connectivity index (χ2v) is 7.36. The van der Waals surface area contributed by atoms with Gasteiger partial charge in [-0.25, -0.2) is 9.97 Å². The van der Waals surface area contributed by atoms with Crippen LogP contribution in [-0.2, 0) is 17.8 Å². The van der Waals surface area contributed by atoms with E-state index in [-0.39, 0.29) is 5.91 Å². The maximum atomic E-state index is 11.7. The van der Waals surface area contributed by atoms with Crippen LogP contribution in [0, 0.1) is 0 Å². The third kappa shape index (κ3) is 3.35. The first-order chi connectivity index (χ1) is 12.2. The highest BCUT2D eigenvalue weighted by molar-refractivity contribution is 7.18. The normalized spacial score (nSPS) is 14.4. The van der Waals surface area contributed by atoms with Gasteiger partial charge in [-0.15, -0.1) is 11.3 Å². The average Bonchev–Trinajstić information content (AvgIpc) is 3.23. The smallest absolute Gasteiger partial charge is 0.222 e. The molecule has 3 aromatic rings. The number of hydrogen-bond donors (Lipinski definition) is 1. The number of hydrogen-bond acceptors (Lipinski definition) is 5. The molecule has 0 aliphatic carbocycles. The number of anilines is 2. The van der Waals surface area contributed by atoms with Crippen molar-refractivity contribution in [1.29, 1.82) is 0 Å². The molecule has 128 valence electrons. The Hall–Kier alpha value is -2.47. The van der Waals surface area contributed by atoms with Crippen LogP contribution in [-0.4, -0.2) is 27.3 Å². The van der Waals surface area contributed by atoms with E-state index in [4.69, 9.17) is 0 Å². The monoisotopic (exact) mass is 352 g/mol. The fourth-order valence-corrected chi connectivity index (χ4v) is 4.04. The van der Waals surface area contributed by atoms with Gasteiger partial charge in [0.25, 0.3) is 0 Å². The quantitative estimate of drug-likeness (QED) is 0.750. The van der Waals surface area contributed by atoms with E-state index in [1.807, 2.05) is 17.0 Å². The number of carbonyl (C=O) groups excluding carboxylic acids is 1. The molecule has 0 atom stereocenters. The fourth-order valence-electron chi connectivity index (χ4n) is 3.10. The molecule has 1 aliphatic rings. The van der Waals surface area contributed by atoms with Crippen molar-refractivity contribution in [3.8, 4) is 0 Å². The molecule has 0 bridgehead atoms. The van der Waals surface area contributed by atoms with Crippen molar-refractivity contribution in [1.82, 2.24) is 14.9 Å². The van der Waals surface area contributed by atoms with E-state index in [9.17, 15) is 4.79 Å². The molecule has 3 heterocycles. The average molecular weight is 352 g/mol. The number of amides is 1. The number of aryl methyl sites for hydroxylation is 1. The van der Waals surface area contributed by atoms with Gasteiger partial charge < -0.3 is 10.2 Å². The molecule has 0 unspecified atom stereocenters. The van der Waals surface area contributed by atoms with Crippen molar-refractivity contribution in [2.75, 3.05) is 11.9 Å². The van der Waals surface area contributed by atoms with E-state index in [2.05, 4.69) is 40.4 Å². The highest BCUT2D eigenvalue weighted by Crippen LogP contribution is 2.30. The predicted octanol–water partition coefficient (Wildman–Crippen LogP) is 4.12. The van der Waals surface area contributed by atoms with Gasteiger partial charge in [0.15, 0.2) is 0 Å². The molecule has 25 heavy (non-hydrogen) atoms. The Kier molecular flexibility index (Phi) is 4.36. The minimum Gasteiger partial charge on any atom is -0.340 e. The van der Waals surface area contributed by atoms with Gasteiger partial charge in [0.05, 0.1) is 5.39 Å². The van der Waals surface area contributed by atoms with Crippen molar-refractivity contribution >= 4 is 39.0 Å². The van der Waals surface area contributed by atoms with Crippen molar-refractivity contribution in [2.45, 2.75) is 32.7 Å². The van der Waals surface area contributed by atoms with Crippen molar-refractivity contribution in [3.05, 3.63) is 47.1 Å². The molecule has 5 nitrogen and oxygen atoms in total. The van der Waals surface area contributed by atoms with Gasteiger partial charge in [-0.05, 0) is 36.6 Å². The van der Waals surface area contributed by atoms with E-state index in [1.54, 1.807) is 17.7 Å². The SMILES string of the molecule is CCc1cc2c(Nc3ccc(CN4CCCC4=O)cc3)ncnc2s1. The van der Waals surface area contributed by atoms with Crippen LogP contribution < -0.4 is 5.32 Å². The molecule has 0 spiro atoms. The summed E-state index contributed by atoms with van der Waals surface area (Å²) in [4.78, 5) is 24.7. The lowest BCUT2D eigenvalue weighted by Crippen LogP contribution is -2.23. The molecular weight excluding hydrogens is 332 g/mol. The van der Waals surface area contributed by atoms with Crippen molar-refractivity contribution in [2.24, 2.45) is 0 Å². The van der Waals surface area contributed by atoms with Crippen LogP contribution in [0.2, 0.25) is 0 Å². The van der Waals surface area contributed by atoms with E-state index in [0.29, 0.717) is 13.0 Å². The first kappa shape index (κ1) is 16.0. The van der Waals surface area contributed by atoms with Gasteiger partial charge in [-0.3, -0.25) is 4.79 Å². The molecule has 0 saturated carbocycles. The third-order valence-corrected chi connectivity index (χ3v) is 5.68. The summed E-state index contributed by atoms with van der Waals surface area (Å²) in [6, 6.07) is 10.4. The number of likely N-dealkylation sites (tertiary alicyclic amines) is 1. The Morgan fingerprint density at radius 3 is 2.80 bits per heavy atom. The van der Waals surface area contributed by atoms with Crippen LogP contribution in [0.15, 0.2) is 36.7 Å². The zero-order chi connectivity index (χ0) is 17.2. The molecule has 1 aromatic carbocycles. The van der Waals surface area contributed by atoms with Crippen LogP contribution in [0.25, 0.3) is 10.2 Å². The van der Waals surface area contributed by atoms with Gasteiger partial charge in [-0.1, -0.05) is 19.1 Å². The summed E-state index contributed by atoms with van der Waals surface area (Å²) in [5.74, 6) is 1.10. The standard InChI is InChI=1S/C19H20N4OS/c1-2-15-10-16-18(20-12-21-19(16)25-15)22-14-7-5-13(6-8-14)11-23-9-3-4-17(23)24/h5-8,10,12H,2-4,9,11H2,1H3,(H,20,21,22). The Bertz CT molecular complexity index is 903. The summed E-state index contributed by atoms with van der Waals surface area (Å²) < 4.78 is 0. The zero-order valence-corrected chi connectivity index (χ0v) is 15.0. The molecule has 2 aromatic heterocycles. The molecule has 1 aliphatic heterocycles. The van der Waals surface area contributed by atoms with Crippen molar-refractivity contribution in [3.63, 3.8) is 0 Å².